The van der Waals surface area contributed by atoms with Crippen LogP contribution in [0.2, 0.25) is 0 Å². The number of hydrogen-bond acceptors (Lipinski definition) is 6. The molecule has 0 saturated carbocycles. The number of benzene rings is 1. The maximum atomic E-state index is 12.5. The Balaban J connectivity index is 2.02. The number of ether oxygens (including phenoxy) is 2. The van der Waals surface area contributed by atoms with Gasteiger partial charge in [0, 0.05) is 0 Å². The van der Waals surface area contributed by atoms with Crippen molar-refractivity contribution in [3.63, 3.8) is 0 Å². The Labute approximate surface area is 157 Å². The largest absolute Gasteiger partial charge is 0.494 e. The van der Waals surface area contributed by atoms with Gasteiger partial charge >= 0.3 is 5.97 Å². The third-order valence-electron chi connectivity index (χ3n) is 3.28. The summed E-state index contributed by atoms with van der Waals surface area (Å²) >= 11 is 6.40. The third kappa shape index (κ3) is 5.57. The van der Waals surface area contributed by atoms with E-state index in [0.29, 0.717) is 22.4 Å². The summed E-state index contributed by atoms with van der Waals surface area (Å²) in [6.45, 7) is 4.83. The van der Waals surface area contributed by atoms with Crippen molar-refractivity contribution in [2.24, 2.45) is 0 Å². The van der Waals surface area contributed by atoms with Crippen LogP contribution < -0.4 is 4.74 Å². The molecule has 1 saturated heterocycles. The number of carbonyl (C=O) groups excluding carboxylic acids is 2. The van der Waals surface area contributed by atoms with Gasteiger partial charge < -0.3 is 9.47 Å². The Morgan fingerprint density at radius 1 is 1.20 bits per heavy atom. The molecule has 0 aromatic heterocycles. The SMILES string of the molecule is CCCOC(=O)CN1C(=O)/C(=C\c2ccc(OCCC)cc2)SC1=S. The number of esters is 1. The molecule has 0 unspecified atom stereocenters. The molecule has 1 aromatic carbocycles. The number of thiocarbonyl (C=S) groups is 1. The van der Waals surface area contributed by atoms with Crippen molar-refractivity contribution in [3.8, 4) is 5.75 Å². The quantitative estimate of drug-likeness (QED) is 0.391. The highest BCUT2D eigenvalue weighted by Gasteiger charge is 2.33. The summed E-state index contributed by atoms with van der Waals surface area (Å²) < 4.78 is 10.9. The van der Waals surface area contributed by atoms with E-state index < -0.39 is 5.97 Å². The third-order valence-corrected chi connectivity index (χ3v) is 4.66. The van der Waals surface area contributed by atoms with E-state index in [0.717, 1.165) is 24.2 Å². The second-order valence-corrected chi connectivity index (χ2v) is 7.08. The Morgan fingerprint density at radius 2 is 1.88 bits per heavy atom. The molecule has 0 atom stereocenters. The second-order valence-electron chi connectivity index (χ2n) is 5.41. The molecule has 134 valence electrons. The maximum absolute atomic E-state index is 12.5. The average molecular weight is 380 g/mol. The van der Waals surface area contributed by atoms with Gasteiger partial charge in [-0.1, -0.05) is 50.0 Å². The Kier molecular flexibility index (Phi) is 7.46. The summed E-state index contributed by atoms with van der Waals surface area (Å²) in [7, 11) is 0. The van der Waals surface area contributed by atoms with Crippen LogP contribution in [0.4, 0.5) is 0 Å². The van der Waals surface area contributed by atoms with Crippen molar-refractivity contribution >= 4 is 46.3 Å². The molecular formula is C18H21NO4S2. The minimum atomic E-state index is -0.447. The monoisotopic (exact) mass is 379 g/mol. The molecule has 1 aliphatic rings. The minimum absolute atomic E-state index is 0.147. The fourth-order valence-corrected chi connectivity index (χ4v) is 3.31. The molecule has 7 heteroatoms. The Bertz CT molecular complexity index is 670. The summed E-state index contributed by atoms with van der Waals surface area (Å²) in [4.78, 5) is 26.0. The van der Waals surface area contributed by atoms with Crippen LogP contribution in [0.25, 0.3) is 6.08 Å². The van der Waals surface area contributed by atoms with Crippen LogP contribution in [0.3, 0.4) is 0 Å². The lowest BCUT2D eigenvalue weighted by Crippen LogP contribution is -2.34. The van der Waals surface area contributed by atoms with Crippen LogP contribution >= 0.6 is 24.0 Å². The van der Waals surface area contributed by atoms with Crippen LogP contribution in [0.5, 0.6) is 5.75 Å². The first-order valence-electron chi connectivity index (χ1n) is 8.19. The average Bonchev–Trinajstić information content (AvgIpc) is 2.87. The van der Waals surface area contributed by atoms with Gasteiger partial charge in [0.25, 0.3) is 5.91 Å². The van der Waals surface area contributed by atoms with Crippen molar-refractivity contribution in [3.05, 3.63) is 34.7 Å². The maximum Gasteiger partial charge on any atom is 0.326 e. The van der Waals surface area contributed by atoms with E-state index in [2.05, 4.69) is 0 Å². The molecule has 0 spiro atoms. The van der Waals surface area contributed by atoms with Gasteiger partial charge in [0.1, 0.15) is 16.6 Å². The second kappa shape index (κ2) is 9.58. The molecule has 1 amide bonds. The Hall–Kier alpha value is -1.86. The number of thioether (sulfide) groups is 1. The van der Waals surface area contributed by atoms with E-state index in [1.807, 2.05) is 38.1 Å². The first-order chi connectivity index (χ1) is 12.0. The van der Waals surface area contributed by atoms with Crippen LogP contribution in [-0.4, -0.2) is 40.9 Å². The molecule has 1 aromatic rings. The minimum Gasteiger partial charge on any atom is -0.494 e. The number of amides is 1. The van der Waals surface area contributed by atoms with Gasteiger partial charge in [0.2, 0.25) is 0 Å². The van der Waals surface area contributed by atoms with Crippen molar-refractivity contribution < 1.29 is 19.1 Å². The van der Waals surface area contributed by atoms with Crippen molar-refractivity contribution in [2.75, 3.05) is 19.8 Å². The molecular weight excluding hydrogens is 358 g/mol. The smallest absolute Gasteiger partial charge is 0.326 e. The number of hydrogen-bond donors (Lipinski definition) is 0. The van der Waals surface area contributed by atoms with Crippen LogP contribution in [0.1, 0.15) is 32.3 Å². The summed E-state index contributed by atoms with van der Waals surface area (Å²) in [5.41, 5.74) is 0.873. The molecule has 25 heavy (non-hydrogen) atoms. The van der Waals surface area contributed by atoms with E-state index >= 15 is 0 Å². The van der Waals surface area contributed by atoms with Gasteiger partial charge in [-0.05, 0) is 36.6 Å². The van der Waals surface area contributed by atoms with E-state index in [-0.39, 0.29) is 12.5 Å². The van der Waals surface area contributed by atoms with Crippen LogP contribution in [-0.2, 0) is 14.3 Å². The van der Waals surface area contributed by atoms with Crippen molar-refractivity contribution in [1.29, 1.82) is 0 Å². The normalized spacial score (nSPS) is 15.8. The highest BCUT2D eigenvalue weighted by atomic mass is 32.2. The number of rotatable bonds is 8. The molecule has 1 heterocycles. The molecule has 0 N–H and O–H groups in total. The highest BCUT2D eigenvalue weighted by molar-refractivity contribution is 8.26. The topological polar surface area (TPSA) is 55.8 Å². The summed E-state index contributed by atoms with van der Waals surface area (Å²) in [5.74, 6) is 0.0804. The molecule has 1 aliphatic heterocycles. The van der Waals surface area contributed by atoms with E-state index in [9.17, 15) is 9.59 Å². The molecule has 0 aliphatic carbocycles. The number of nitrogens with zero attached hydrogens (tertiary/aromatic N) is 1. The van der Waals surface area contributed by atoms with Gasteiger partial charge in [-0.2, -0.15) is 0 Å². The standard InChI is InChI=1S/C18H21NO4S2/c1-3-9-22-14-7-5-13(6-8-14)11-15-17(21)19(18(24)25-15)12-16(20)23-10-4-2/h5-8,11H,3-4,9-10,12H2,1-2H3/b15-11+. The van der Waals surface area contributed by atoms with Gasteiger partial charge in [-0.25, -0.2) is 0 Å². The molecule has 1 fully saturated rings. The lowest BCUT2D eigenvalue weighted by atomic mass is 10.2. The molecule has 2 rings (SSSR count). The zero-order valence-corrected chi connectivity index (χ0v) is 16.0. The highest BCUT2D eigenvalue weighted by Crippen LogP contribution is 2.32. The Morgan fingerprint density at radius 3 is 2.52 bits per heavy atom. The molecule has 5 nitrogen and oxygen atoms in total. The fraction of sp³-hybridized carbons (Fsp3) is 0.389. The van der Waals surface area contributed by atoms with Gasteiger partial charge in [0.05, 0.1) is 18.1 Å². The van der Waals surface area contributed by atoms with Gasteiger partial charge in [-0.15, -0.1) is 0 Å². The van der Waals surface area contributed by atoms with E-state index in [1.165, 1.54) is 16.7 Å². The predicted octanol–water partition coefficient (Wildman–Crippen LogP) is 3.63. The van der Waals surface area contributed by atoms with E-state index in [1.54, 1.807) is 6.08 Å². The number of carbonyl (C=O) groups is 2. The van der Waals surface area contributed by atoms with Crippen LogP contribution in [0.15, 0.2) is 29.2 Å². The summed E-state index contributed by atoms with van der Waals surface area (Å²) in [6, 6.07) is 7.49. The van der Waals surface area contributed by atoms with E-state index in [4.69, 9.17) is 21.7 Å². The first-order valence-corrected chi connectivity index (χ1v) is 9.41. The zero-order chi connectivity index (χ0) is 18.2. The van der Waals surface area contributed by atoms with Crippen molar-refractivity contribution in [1.82, 2.24) is 4.90 Å². The predicted molar refractivity (Wildman–Crippen MR) is 103 cm³/mol. The fourth-order valence-electron chi connectivity index (χ4n) is 2.06. The molecule has 0 bridgehead atoms. The van der Waals surface area contributed by atoms with Crippen LogP contribution in [0, 0.1) is 0 Å². The summed E-state index contributed by atoms with van der Waals surface area (Å²) in [5, 5.41) is 0. The first kappa shape index (κ1) is 19.5. The van der Waals surface area contributed by atoms with Gasteiger partial charge in [0.15, 0.2) is 0 Å². The summed E-state index contributed by atoms with van der Waals surface area (Å²) in [6.07, 6.45) is 3.45. The van der Waals surface area contributed by atoms with Crippen molar-refractivity contribution in [2.45, 2.75) is 26.7 Å². The van der Waals surface area contributed by atoms with Gasteiger partial charge in [-0.3, -0.25) is 14.5 Å². The zero-order valence-electron chi connectivity index (χ0n) is 14.3. The lowest BCUT2D eigenvalue weighted by Gasteiger charge is -2.13. The lowest BCUT2D eigenvalue weighted by molar-refractivity contribution is -0.146. The molecule has 0 radical (unpaired) electrons.